The summed E-state index contributed by atoms with van der Waals surface area (Å²) in [5.41, 5.74) is 0. The Balaban J connectivity index is 1.96. The van der Waals surface area contributed by atoms with Gasteiger partial charge in [-0.15, -0.1) is 0 Å². The lowest BCUT2D eigenvalue weighted by Crippen LogP contribution is -2.37. The van der Waals surface area contributed by atoms with Gasteiger partial charge in [-0.05, 0) is 68.1 Å². The summed E-state index contributed by atoms with van der Waals surface area (Å²) in [5, 5.41) is 10.4. The highest BCUT2D eigenvalue weighted by molar-refractivity contribution is 4.88. The van der Waals surface area contributed by atoms with Crippen LogP contribution in [-0.2, 0) is 0 Å². The minimum atomic E-state index is 0.000561. The number of aliphatic hydroxyl groups is 1. The van der Waals surface area contributed by atoms with Crippen LogP contribution in [0.3, 0.4) is 0 Å². The largest absolute Gasteiger partial charge is 0.393 e. The van der Waals surface area contributed by atoms with Crippen molar-refractivity contribution in [3.63, 3.8) is 0 Å². The van der Waals surface area contributed by atoms with Crippen LogP contribution in [0, 0.1) is 29.6 Å². The van der Waals surface area contributed by atoms with Crippen LogP contribution in [0.5, 0.6) is 0 Å². The predicted octanol–water partition coefficient (Wildman–Crippen LogP) is 4.64. The lowest BCUT2D eigenvalue weighted by atomic mass is 9.65. The van der Waals surface area contributed by atoms with Crippen LogP contribution >= 0.6 is 0 Å². The molecule has 2 rings (SSSR count). The summed E-state index contributed by atoms with van der Waals surface area (Å²) in [6.45, 7) is 7.10. The van der Waals surface area contributed by atoms with Crippen LogP contribution in [0.2, 0.25) is 0 Å². The fraction of sp³-hybridized carbons (Fsp3) is 1.00. The average molecular weight is 252 g/mol. The van der Waals surface area contributed by atoms with Crippen molar-refractivity contribution in [2.24, 2.45) is 29.6 Å². The van der Waals surface area contributed by atoms with Gasteiger partial charge in [0.2, 0.25) is 0 Å². The van der Waals surface area contributed by atoms with Crippen molar-refractivity contribution >= 4 is 0 Å². The number of hydrogen-bond acceptors (Lipinski definition) is 1. The van der Waals surface area contributed by atoms with Gasteiger partial charge in [-0.25, -0.2) is 0 Å². The SMILES string of the molecule is CCCC1CCC(O)C(C2CC(C)CC(C)C2)C1. The molecule has 0 saturated heterocycles. The summed E-state index contributed by atoms with van der Waals surface area (Å²) in [6.07, 6.45) is 10.5. The Labute approximate surface area is 113 Å². The van der Waals surface area contributed by atoms with Crippen LogP contribution < -0.4 is 0 Å². The zero-order valence-electron chi connectivity index (χ0n) is 12.6. The van der Waals surface area contributed by atoms with Crippen molar-refractivity contribution in [3.05, 3.63) is 0 Å². The second kappa shape index (κ2) is 6.41. The van der Waals surface area contributed by atoms with E-state index < -0.39 is 0 Å². The van der Waals surface area contributed by atoms with Crippen LogP contribution in [0.4, 0.5) is 0 Å². The topological polar surface area (TPSA) is 20.2 Å². The van der Waals surface area contributed by atoms with Crippen molar-refractivity contribution in [3.8, 4) is 0 Å². The maximum absolute atomic E-state index is 10.4. The first kappa shape index (κ1) is 14.4. The first-order valence-electron chi connectivity index (χ1n) is 8.28. The zero-order chi connectivity index (χ0) is 13.1. The molecule has 0 aromatic carbocycles. The van der Waals surface area contributed by atoms with Gasteiger partial charge in [0.1, 0.15) is 0 Å². The van der Waals surface area contributed by atoms with Crippen LogP contribution in [-0.4, -0.2) is 11.2 Å². The number of hydrogen-bond donors (Lipinski definition) is 1. The molecule has 0 heterocycles. The van der Waals surface area contributed by atoms with E-state index in [1.807, 2.05) is 0 Å². The third kappa shape index (κ3) is 3.50. The lowest BCUT2D eigenvalue weighted by molar-refractivity contribution is -0.00694. The number of rotatable bonds is 3. The minimum absolute atomic E-state index is 0.000561. The smallest absolute Gasteiger partial charge is 0.0571 e. The fourth-order valence-corrected chi connectivity index (χ4v) is 4.82. The Morgan fingerprint density at radius 3 is 2.22 bits per heavy atom. The molecular weight excluding hydrogens is 220 g/mol. The van der Waals surface area contributed by atoms with Crippen molar-refractivity contribution < 1.29 is 5.11 Å². The Hall–Kier alpha value is -0.0400. The van der Waals surface area contributed by atoms with Gasteiger partial charge in [0.05, 0.1) is 6.10 Å². The summed E-state index contributed by atoms with van der Waals surface area (Å²) >= 11 is 0. The maximum atomic E-state index is 10.4. The predicted molar refractivity (Wildman–Crippen MR) is 77.4 cm³/mol. The summed E-state index contributed by atoms with van der Waals surface area (Å²) < 4.78 is 0. The van der Waals surface area contributed by atoms with Gasteiger partial charge in [-0.3, -0.25) is 0 Å². The molecule has 18 heavy (non-hydrogen) atoms. The fourth-order valence-electron chi connectivity index (χ4n) is 4.82. The minimum Gasteiger partial charge on any atom is -0.393 e. The molecule has 0 amide bonds. The van der Waals surface area contributed by atoms with E-state index in [0.29, 0.717) is 5.92 Å². The van der Waals surface area contributed by atoms with Gasteiger partial charge in [-0.1, -0.05) is 33.6 Å². The lowest BCUT2D eigenvalue weighted by Gasteiger charge is -2.42. The van der Waals surface area contributed by atoms with Gasteiger partial charge in [0.25, 0.3) is 0 Å². The summed E-state index contributed by atoms with van der Waals surface area (Å²) in [7, 11) is 0. The highest BCUT2D eigenvalue weighted by Crippen LogP contribution is 2.44. The van der Waals surface area contributed by atoms with E-state index in [0.717, 1.165) is 30.1 Å². The molecule has 106 valence electrons. The van der Waals surface area contributed by atoms with Crippen LogP contribution in [0.1, 0.15) is 72.1 Å². The van der Waals surface area contributed by atoms with Crippen molar-refractivity contribution in [1.82, 2.24) is 0 Å². The first-order chi connectivity index (χ1) is 8.60. The summed E-state index contributed by atoms with van der Waals surface area (Å²) in [6, 6.07) is 0. The third-order valence-corrected chi connectivity index (χ3v) is 5.49. The Morgan fingerprint density at radius 1 is 0.944 bits per heavy atom. The molecule has 0 aliphatic heterocycles. The molecule has 2 fully saturated rings. The molecule has 1 heteroatoms. The highest BCUT2D eigenvalue weighted by atomic mass is 16.3. The van der Waals surface area contributed by atoms with E-state index in [1.54, 1.807) is 0 Å². The molecule has 5 atom stereocenters. The monoisotopic (exact) mass is 252 g/mol. The highest BCUT2D eigenvalue weighted by Gasteiger charge is 2.37. The average Bonchev–Trinajstić information content (AvgIpc) is 2.30. The molecule has 0 bridgehead atoms. The standard InChI is InChI=1S/C17H32O/c1-4-5-14-6-7-17(18)16(11-14)15-9-12(2)8-13(3)10-15/h12-18H,4-11H2,1-3H3. The van der Waals surface area contributed by atoms with E-state index in [2.05, 4.69) is 20.8 Å². The molecule has 1 nitrogen and oxygen atoms in total. The Bertz CT molecular complexity index is 240. The Morgan fingerprint density at radius 2 is 1.61 bits per heavy atom. The van der Waals surface area contributed by atoms with E-state index in [-0.39, 0.29) is 6.10 Å². The van der Waals surface area contributed by atoms with Crippen molar-refractivity contribution in [2.75, 3.05) is 0 Å². The quantitative estimate of drug-likeness (QED) is 0.776. The maximum Gasteiger partial charge on any atom is 0.0571 e. The van der Waals surface area contributed by atoms with Crippen LogP contribution in [0.15, 0.2) is 0 Å². The molecule has 2 aliphatic rings. The van der Waals surface area contributed by atoms with E-state index in [4.69, 9.17) is 0 Å². The van der Waals surface area contributed by atoms with Gasteiger partial charge < -0.3 is 5.11 Å². The molecule has 0 aromatic heterocycles. The van der Waals surface area contributed by atoms with E-state index in [9.17, 15) is 5.11 Å². The first-order valence-corrected chi connectivity index (χ1v) is 8.28. The molecule has 2 aliphatic carbocycles. The summed E-state index contributed by atoms with van der Waals surface area (Å²) in [4.78, 5) is 0. The summed E-state index contributed by atoms with van der Waals surface area (Å²) in [5.74, 6) is 4.06. The third-order valence-electron chi connectivity index (χ3n) is 5.49. The molecule has 0 aromatic rings. The molecule has 0 spiro atoms. The molecule has 2 saturated carbocycles. The van der Waals surface area contributed by atoms with Gasteiger partial charge in [-0.2, -0.15) is 0 Å². The van der Waals surface area contributed by atoms with Crippen molar-refractivity contribution in [1.29, 1.82) is 0 Å². The van der Waals surface area contributed by atoms with Gasteiger partial charge >= 0.3 is 0 Å². The van der Waals surface area contributed by atoms with Gasteiger partial charge in [0, 0.05) is 0 Å². The van der Waals surface area contributed by atoms with Crippen molar-refractivity contribution in [2.45, 2.75) is 78.2 Å². The normalized spacial score (nSPS) is 46.0. The number of aliphatic hydroxyl groups excluding tert-OH is 1. The van der Waals surface area contributed by atoms with Gasteiger partial charge in [0.15, 0.2) is 0 Å². The van der Waals surface area contributed by atoms with E-state index >= 15 is 0 Å². The van der Waals surface area contributed by atoms with Crippen LogP contribution in [0.25, 0.3) is 0 Å². The zero-order valence-corrected chi connectivity index (χ0v) is 12.6. The second-order valence-corrected chi connectivity index (χ2v) is 7.38. The second-order valence-electron chi connectivity index (χ2n) is 7.38. The Kier molecular flexibility index (Phi) is 5.12. The molecule has 0 radical (unpaired) electrons. The molecule has 1 N–H and O–H groups in total. The van der Waals surface area contributed by atoms with E-state index in [1.165, 1.54) is 44.9 Å². The molecule has 5 unspecified atom stereocenters. The molecular formula is C17H32O.